The smallest absolute Gasteiger partial charge is 0.338 e. The highest BCUT2D eigenvalue weighted by atomic mass is 16.5. The Morgan fingerprint density at radius 3 is 2.65 bits per heavy atom. The number of hydrogen-bond donors (Lipinski definition) is 1. The van der Waals surface area contributed by atoms with E-state index in [0.717, 1.165) is 0 Å². The molecule has 0 spiro atoms. The van der Waals surface area contributed by atoms with E-state index < -0.39 is 5.97 Å². The molecule has 1 rings (SSSR count). The van der Waals surface area contributed by atoms with Crippen molar-refractivity contribution < 1.29 is 14.6 Å². The summed E-state index contributed by atoms with van der Waals surface area (Å²) < 4.78 is 4.60. The number of rotatable bonds is 4. The third-order valence-corrected chi connectivity index (χ3v) is 2.23. The first-order chi connectivity index (χ1) is 8.13. The largest absolute Gasteiger partial charge is 0.507 e. The zero-order valence-electron chi connectivity index (χ0n) is 9.64. The van der Waals surface area contributed by atoms with Crippen molar-refractivity contribution in [3.05, 3.63) is 54.1 Å². The van der Waals surface area contributed by atoms with Crippen molar-refractivity contribution in [1.82, 2.24) is 0 Å². The van der Waals surface area contributed by atoms with E-state index in [2.05, 4.69) is 17.9 Å². The van der Waals surface area contributed by atoms with E-state index in [0.29, 0.717) is 16.7 Å². The van der Waals surface area contributed by atoms with Crippen LogP contribution in [0.3, 0.4) is 0 Å². The van der Waals surface area contributed by atoms with E-state index in [4.69, 9.17) is 0 Å². The van der Waals surface area contributed by atoms with Crippen molar-refractivity contribution in [3.63, 3.8) is 0 Å². The Balaban J connectivity index is 3.37. The highest BCUT2D eigenvalue weighted by molar-refractivity contribution is 5.91. The molecule has 0 aromatic heterocycles. The number of carbonyl (C=O) groups excluding carboxylic acids is 1. The summed E-state index contributed by atoms with van der Waals surface area (Å²) in [6, 6.07) is 2.98. The first-order valence-electron chi connectivity index (χ1n) is 5.01. The number of allylic oxidation sites excluding steroid dienone is 2. The molecule has 0 aliphatic rings. The highest BCUT2D eigenvalue weighted by Crippen LogP contribution is 2.26. The zero-order chi connectivity index (χ0) is 12.8. The number of hydrogen-bond acceptors (Lipinski definition) is 3. The molecule has 0 amide bonds. The van der Waals surface area contributed by atoms with Crippen LogP contribution < -0.4 is 0 Å². The fraction of sp³-hybridized carbons (Fsp3) is 0.0714. The lowest BCUT2D eigenvalue weighted by Gasteiger charge is -2.07. The predicted octanol–water partition coefficient (Wildman–Crippen LogP) is 3.02. The van der Waals surface area contributed by atoms with Gasteiger partial charge in [0, 0.05) is 5.56 Å². The van der Waals surface area contributed by atoms with Crippen LogP contribution in [0, 0.1) is 0 Å². The van der Waals surface area contributed by atoms with Crippen LogP contribution in [0.25, 0.3) is 12.2 Å². The summed E-state index contributed by atoms with van der Waals surface area (Å²) in [6.45, 7) is 7.18. The lowest BCUT2D eigenvalue weighted by atomic mass is 10.0. The Kier molecular flexibility index (Phi) is 4.29. The van der Waals surface area contributed by atoms with Crippen molar-refractivity contribution in [1.29, 1.82) is 0 Å². The Morgan fingerprint density at radius 1 is 1.41 bits per heavy atom. The topological polar surface area (TPSA) is 46.5 Å². The van der Waals surface area contributed by atoms with Crippen LogP contribution in [0.1, 0.15) is 21.5 Å². The lowest BCUT2D eigenvalue weighted by molar-refractivity contribution is 0.0600. The third kappa shape index (κ3) is 2.84. The number of aromatic hydroxyl groups is 1. The van der Waals surface area contributed by atoms with Crippen LogP contribution in [0.2, 0.25) is 0 Å². The van der Waals surface area contributed by atoms with Gasteiger partial charge in [0.1, 0.15) is 5.75 Å². The number of phenolic OH excluding ortho intramolecular Hbond substituents is 1. The summed E-state index contributed by atoms with van der Waals surface area (Å²) in [4.78, 5) is 11.4. The molecular formula is C14H14O3. The van der Waals surface area contributed by atoms with Gasteiger partial charge in [0.05, 0.1) is 12.7 Å². The molecule has 0 saturated heterocycles. The van der Waals surface area contributed by atoms with Crippen LogP contribution in [-0.4, -0.2) is 18.2 Å². The molecule has 88 valence electrons. The first-order valence-corrected chi connectivity index (χ1v) is 5.01. The lowest BCUT2D eigenvalue weighted by Crippen LogP contribution is -2.02. The molecule has 1 N–H and O–H groups in total. The molecular weight excluding hydrogens is 216 g/mol. The van der Waals surface area contributed by atoms with Gasteiger partial charge in [-0.2, -0.15) is 0 Å². The molecule has 0 atom stereocenters. The summed E-state index contributed by atoms with van der Waals surface area (Å²) in [5.41, 5.74) is 1.54. The molecule has 17 heavy (non-hydrogen) atoms. The van der Waals surface area contributed by atoms with E-state index >= 15 is 0 Å². The van der Waals surface area contributed by atoms with Crippen molar-refractivity contribution in [2.75, 3.05) is 7.11 Å². The molecule has 1 aromatic rings. The predicted molar refractivity (Wildman–Crippen MR) is 68.8 cm³/mol. The van der Waals surface area contributed by atoms with Crippen molar-refractivity contribution in [3.8, 4) is 5.75 Å². The van der Waals surface area contributed by atoms with Crippen LogP contribution in [0.5, 0.6) is 5.75 Å². The van der Waals surface area contributed by atoms with Gasteiger partial charge < -0.3 is 9.84 Å². The molecule has 0 fully saturated rings. The monoisotopic (exact) mass is 230 g/mol. The second kappa shape index (κ2) is 5.70. The highest BCUT2D eigenvalue weighted by Gasteiger charge is 2.11. The molecule has 1 aromatic carbocycles. The first kappa shape index (κ1) is 12.8. The van der Waals surface area contributed by atoms with Gasteiger partial charge in [-0.05, 0) is 17.7 Å². The maximum absolute atomic E-state index is 11.4. The normalized spacial score (nSPS) is 10.2. The molecule has 3 heteroatoms. The summed E-state index contributed by atoms with van der Waals surface area (Å²) in [7, 11) is 1.29. The molecule has 0 bridgehead atoms. The SMILES string of the molecule is C=C/C=C\c1cc(C(=O)OC)cc(O)c1C=C. The van der Waals surface area contributed by atoms with Gasteiger partial charge in [-0.1, -0.05) is 37.5 Å². The number of carbonyl (C=O) groups is 1. The summed E-state index contributed by atoms with van der Waals surface area (Å²) in [6.07, 6.45) is 6.58. The van der Waals surface area contributed by atoms with Crippen LogP contribution >= 0.6 is 0 Å². The minimum atomic E-state index is -0.496. The van der Waals surface area contributed by atoms with Crippen LogP contribution in [-0.2, 0) is 4.74 Å². The van der Waals surface area contributed by atoms with E-state index in [9.17, 15) is 9.90 Å². The molecule has 0 aliphatic carbocycles. The summed E-state index contributed by atoms with van der Waals surface area (Å²) in [5, 5.41) is 9.78. The van der Waals surface area contributed by atoms with Gasteiger partial charge in [-0.3, -0.25) is 0 Å². The fourth-order valence-electron chi connectivity index (χ4n) is 1.43. The van der Waals surface area contributed by atoms with E-state index in [-0.39, 0.29) is 5.75 Å². The van der Waals surface area contributed by atoms with Crippen molar-refractivity contribution >= 4 is 18.1 Å². The molecule has 0 saturated carbocycles. The second-order valence-corrected chi connectivity index (χ2v) is 3.29. The summed E-state index contributed by atoms with van der Waals surface area (Å²) >= 11 is 0. The average molecular weight is 230 g/mol. The Morgan fingerprint density at radius 2 is 2.12 bits per heavy atom. The molecule has 3 nitrogen and oxygen atoms in total. The van der Waals surface area contributed by atoms with Gasteiger partial charge in [-0.25, -0.2) is 4.79 Å². The molecule has 0 radical (unpaired) electrons. The standard InChI is InChI=1S/C14H14O3/c1-4-6-7-10-8-11(14(16)17-3)9-13(15)12(10)5-2/h4-9,15H,1-2H2,3H3/b7-6-. The second-order valence-electron chi connectivity index (χ2n) is 3.29. The number of benzene rings is 1. The van der Waals surface area contributed by atoms with Crippen LogP contribution in [0.15, 0.2) is 37.4 Å². The number of ether oxygens (including phenoxy) is 1. The maximum atomic E-state index is 11.4. The van der Waals surface area contributed by atoms with Gasteiger partial charge >= 0.3 is 5.97 Å². The average Bonchev–Trinajstić information content (AvgIpc) is 2.34. The van der Waals surface area contributed by atoms with Crippen LogP contribution in [0.4, 0.5) is 0 Å². The molecule has 0 heterocycles. The number of phenols is 1. The van der Waals surface area contributed by atoms with Crippen molar-refractivity contribution in [2.45, 2.75) is 0 Å². The Hall–Kier alpha value is -2.29. The van der Waals surface area contributed by atoms with Gasteiger partial charge in [0.25, 0.3) is 0 Å². The third-order valence-electron chi connectivity index (χ3n) is 2.23. The zero-order valence-corrected chi connectivity index (χ0v) is 9.64. The van der Waals surface area contributed by atoms with E-state index in [1.807, 2.05) is 0 Å². The molecule has 0 aliphatic heterocycles. The Bertz CT molecular complexity index is 484. The van der Waals surface area contributed by atoms with E-state index in [1.165, 1.54) is 19.3 Å². The minimum absolute atomic E-state index is 0.00777. The fourth-order valence-corrected chi connectivity index (χ4v) is 1.43. The van der Waals surface area contributed by atoms with Gasteiger partial charge in [0.15, 0.2) is 0 Å². The van der Waals surface area contributed by atoms with E-state index in [1.54, 1.807) is 24.3 Å². The quantitative estimate of drug-likeness (QED) is 0.638. The molecule has 0 unspecified atom stereocenters. The summed E-state index contributed by atoms with van der Waals surface area (Å²) in [5.74, 6) is -0.504. The van der Waals surface area contributed by atoms with Gasteiger partial charge in [0.2, 0.25) is 0 Å². The number of esters is 1. The van der Waals surface area contributed by atoms with Gasteiger partial charge in [-0.15, -0.1) is 0 Å². The minimum Gasteiger partial charge on any atom is -0.507 e. The Labute approximate surface area is 100 Å². The maximum Gasteiger partial charge on any atom is 0.338 e. The van der Waals surface area contributed by atoms with Crippen molar-refractivity contribution in [2.24, 2.45) is 0 Å². The number of methoxy groups -OCH3 is 1.